The zero-order chi connectivity index (χ0) is 16.1. The average Bonchev–Trinajstić information content (AvgIpc) is 3.02. The lowest BCUT2D eigenvalue weighted by atomic mass is 10.2. The van der Waals surface area contributed by atoms with E-state index in [1.807, 2.05) is 36.1 Å². The van der Waals surface area contributed by atoms with E-state index in [0.717, 1.165) is 38.5 Å². The van der Waals surface area contributed by atoms with Gasteiger partial charge in [0.1, 0.15) is 5.76 Å². The Morgan fingerprint density at radius 3 is 2.48 bits per heavy atom. The zero-order valence-corrected chi connectivity index (χ0v) is 13.4. The molecule has 0 radical (unpaired) electrons. The second-order valence-electron chi connectivity index (χ2n) is 5.82. The molecule has 1 aliphatic rings. The van der Waals surface area contributed by atoms with Crippen molar-refractivity contribution in [3.63, 3.8) is 0 Å². The Hall–Kier alpha value is -2.33. The molecule has 1 amide bonds. The first-order valence-electron chi connectivity index (χ1n) is 8.02. The molecule has 0 unspecified atom stereocenters. The number of carbonyl (C=O) groups excluding carboxylic acids is 1. The van der Waals surface area contributed by atoms with Gasteiger partial charge in [0.2, 0.25) is 0 Å². The van der Waals surface area contributed by atoms with Crippen molar-refractivity contribution in [3.8, 4) is 0 Å². The lowest BCUT2D eigenvalue weighted by Gasteiger charge is -2.33. The van der Waals surface area contributed by atoms with Crippen LogP contribution in [0.3, 0.4) is 0 Å². The molecule has 1 fully saturated rings. The van der Waals surface area contributed by atoms with Gasteiger partial charge in [-0.2, -0.15) is 0 Å². The van der Waals surface area contributed by atoms with E-state index >= 15 is 0 Å². The maximum Gasteiger partial charge on any atom is 0.289 e. The van der Waals surface area contributed by atoms with Crippen LogP contribution in [0.2, 0.25) is 0 Å². The van der Waals surface area contributed by atoms with Gasteiger partial charge < -0.3 is 9.32 Å². The number of benzene rings is 1. The highest BCUT2D eigenvalue weighted by Gasteiger charge is 2.23. The normalized spacial score (nSPS) is 16.1. The van der Waals surface area contributed by atoms with Crippen molar-refractivity contribution in [1.29, 1.82) is 0 Å². The topological polar surface area (TPSA) is 36.7 Å². The molecule has 0 saturated carbocycles. The van der Waals surface area contributed by atoms with Crippen molar-refractivity contribution in [2.45, 2.75) is 6.92 Å². The SMILES string of the molecule is Cc1ccc(C(=O)N2CCN(CC=Cc3ccccc3)CC2)o1. The smallest absolute Gasteiger partial charge is 0.289 e. The molecule has 23 heavy (non-hydrogen) atoms. The summed E-state index contributed by atoms with van der Waals surface area (Å²) in [5, 5.41) is 0. The first-order chi connectivity index (χ1) is 11.2. The molecule has 0 atom stereocenters. The van der Waals surface area contributed by atoms with Crippen LogP contribution in [0, 0.1) is 6.92 Å². The van der Waals surface area contributed by atoms with Crippen LogP contribution >= 0.6 is 0 Å². The summed E-state index contributed by atoms with van der Waals surface area (Å²) in [6.07, 6.45) is 4.33. The Morgan fingerprint density at radius 1 is 1.09 bits per heavy atom. The number of amides is 1. The van der Waals surface area contributed by atoms with Gasteiger partial charge in [-0.3, -0.25) is 9.69 Å². The summed E-state index contributed by atoms with van der Waals surface area (Å²) in [6, 6.07) is 13.9. The van der Waals surface area contributed by atoms with E-state index in [1.165, 1.54) is 5.56 Å². The van der Waals surface area contributed by atoms with Crippen molar-refractivity contribution in [2.24, 2.45) is 0 Å². The van der Waals surface area contributed by atoms with Gasteiger partial charge in [0.25, 0.3) is 5.91 Å². The summed E-state index contributed by atoms with van der Waals surface area (Å²) >= 11 is 0. The lowest BCUT2D eigenvalue weighted by molar-refractivity contribution is 0.0618. The first kappa shape index (κ1) is 15.6. The number of hydrogen-bond donors (Lipinski definition) is 0. The van der Waals surface area contributed by atoms with Crippen molar-refractivity contribution in [2.75, 3.05) is 32.7 Å². The van der Waals surface area contributed by atoms with Crippen molar-refractivity contribution >= 4 is 12.0 Å². The highest BCUT2D eigenvalue weighted by atomic mass is 16.3. The Labute approximate surface area is 137 Å². The van der Waals surface area contributed by atoms with E-state index in [1.54, 1.807) is 6.07 Å². The predicted molar refractivity (Wildman–Crippen MR) is 91.3 cm³/mol. The second-order valence-corrected chi connectivity index (χ2v) is 5.82. The van der Waals surface area contributed by atoms with Gasteiger partial charge in [0, 0.05) is 32.7 Å². The van der Waals surface area contributed by atoms with E-state index in [4.69, 9.17) is 4.42 Å². The number of nitrogens with zero attached hydrogens (tertiary/aromatic N) is 2. The van der Waals surface area contributed by atoms with Gasteiger partial charge in [0.15, 0.2) is 5.76 Å². The molecule has 4 heteroatoms. The van der Waals surface area contributed by atoms with E-state index in [2.05, 4.69) is 29.2 Å². The molecule has 1 saturated heterocycles. The van der Waals surface area contributed by atoms with Crippen LogP contribution in [0.4, 0.5) is 0 Å². The monoisotopic (exact) mass is 310 g/mol. The number of furan rings is 1. The van der Waals surface area contributed by atoms with Crippen LogP contribution in [-0.4, -0.2) is 48.4 Å². The molecule has 4 nitrogen and oxygen atoms in total. The standard InChI is InChI=1S/C19H22N2O2/c1-16-9-10-18(23-16)19(22)21-14-12-20(13-15-21)11-5-8-17-6-3-2-4-7-17/h2-10H,11-15H2,1H3. The predicted octanol–water partition coefficient (Wildman–Crippen LogP) is 3.06. The molecular weight excluding hydrogens is 288 g/mol. The molecular formula is C19H22N2O2. The van der Waals surface area contributed by atoms with E-state index < -0.39 is 0 Å². The first-order valence-corrected chi connectivity index (χ1v) is 8.02. The summed E-state index contributed by atoms with van der Waals surface area (Å²) in [5.74, 6) is 1.22. The fourth-order valence-electron chi connectivity index (χ4n) is 2.74. The molecule has 120 valence electrons. The quantitative estimate of drug-likeness (QED) is 0.871. The molecule has 0 N–H and O–H groups in total. The van der Waals surface area contributed by atoms with Crippen molar-refractivity contribution < 1.29 is 9.21 Å². The molecule has 1 aromatic heterocycles. The fourth-order valence-corrected chi connectivity index (χ4v) is 2.74. The zero-order valence-electron chi connectivity index (χ0n) is 13.4. The van der Waals surface area contributed by atoms with Crippen molar-refractivity contribution in [3.05, 3.63) is 65.6 Å². The van der Waals surface area contributed by atoms with Crippen LogP contribution in [-0.2, 0) is 0 Å². The van der Waals surface area contributed by atoms with Gasteiger partial charge in [-0.25, -0.2) is 0 Å². The molecule has 2 aromatic rings. The molecule has 0 aliphatic carbocycles. The molecule has 0 spiro atoms. The Bertz CT molecular complexity index is 668. The lowest BCUT2D eigenvalue weighted by Crippen LogP contribution is -2.48. The van der Waals surface area contributed by atoms with Crippen LogP contribution < -0.4 is 0 Å². The largest absolute Gasteiger partial charge is 0.456 e. The molecule has 2 heterocycles. The van der Waals surface area contributed by atoms with E-state index in [9.17, 15) is 4.79 Å². The summed E-state index contributed by atoms with van der Waals surface area (Å²) in [4.78, 5) is 16.5. The van der Waals surface area contributed by atoms with E-state index in [-0.39, 0.29) is 5.91 Å². The Morgan fingerprint density at radius 2 is 1.83 bits per heavy atom. The van der Waals surface area contributed by atoms with Crippen molar-refractivity contribution in [1.82, 2.24) is 9.80 Å². The third-order valence-corrected chi connectivity index (χ3v) is 4.08. The summed E-state index contributed by atoms with van der Waals surface area (Å²) < 4.78 is 5.42. The summed E-state index contributed by atoms with van der Waals surface area (Å²) in [6.45, 7) is 6.05. The van der Waals surface area contributed by atoms with Crippen LogP contribution in [0.25, 0.3) is 6.08 Å². The fraction of sp³-hybridized carbons (Fsp3) is 0.316. The number of hydrogen-bond acceptors (Lipinski definition) is 3. The molecule has 1 aromatic carbocycles. The maximum absolute atomic E-state index is 12.3. The minimum atomic E-state index is -0.00224. The molecule has 0 bridgehead atoms. The van der Waals surface area contributed by atoms with Gasteiger partial charge >= 0.3 is 0 Å². The number of carbonyl (C=O) groups is 1. The third kappa shape index (κ3) is 4.11. The van der Waals surface area contributed by atoms with E-state index in [0.29, 0.717) is 5.76 Å². The molecule has 1 aliphatic heterocycles. The van der Waals surface area contributed by atoms with Crippen LogP contribution in [0.1, 0.15) is 21.9 Å². The second kappa shape index (κ2) is 7.29. The Balaban J connectivity index is 1.47. The highest BCUT2D eigenvalue weighted by molar-refractivity contribution is 5.91. The van der Waals surface area contributed by atoms with Gasteiger partial charge in [0.05, 0.1) is 0 Å². The maximum atomic E-state index is 12.3. The number of rotatable bonds is 4. The summed E-state index contributed by atoms with van der Waals surface area (Å²) in [5.41, 5.74) is 1.22. The van der Waals surface area contributed by atoms with Crippen LogP contribution in [0.5, 0.6) is 0 Å². The van der Waals surface area contributed by atoms with Gasteiger partial charge in [-0.05, 0) is 24.6 Å². The Kier molecular flexibility index (Phi) is 4.93. The number of piperazine rings is 1. The average molecular weight is 310 g/mol. The van der Waals surface area contributed by atoms with Gasteiger partial charge in [-0.1, -0.05) is 42.5 Å². The summed E-state index contributed by atoms with van der Waals surface area (Å²) in [7, 11) is 0. The van der Waals surface area contributed by atoms with Gasteiger partial charge in [-0.15, -0.1) is 0 Å². The number of aryl methyl sites for hydroxylation is 1. The minimum absolute atomic E-state index is 0.00224. The van der Waals surface area contributed by atoms with Crippen LogP contribution in [0.15, 0.2) is 53.0 Å². The minimum Gasteiger partial charge on any atom is -0.456 e. The molecule has 3 rings (SSSR count). The highest BCUT2D eigenvalue weighted by Crippen LogP contribution is 2.12. The third-order valence-electron chi connectivity index (χ3n) is 4.08.